The average Bonchev–Trinajstić information content (AvgIpc) is 2.72. The Hall–Kier alpha value is -3.08. The summed E-state index contributed by atoms with van der Waals surface area (Å²) in [7, 11) is 0. The molecule has 0 spiro atoms. The molecule has 2 aromatic rings. The van der Waals surface area contributed by atoms with Crippen LogP contribution < -0.4 is 11.1 Å². The van der Waals surface area contributed by atoms with Crippen LogP contribution >= 0.6 is 0 Å². The number of hydrogen-bond acceptors (Lipinski definition) is 3. The first kappa shape index (κ1) is 25.5. The summed E-state index contributed by atoms with van der Waals surface area (Å²) in [5.74, 6) is -1.36. The number of halogens is 6. The number of nitrogens with two attached hydrogens (primary N) is 1. The van der Waals surface area contributed by atoms with Crippen LogP contribution in [0.15, 0.2) is 48.5 Å². The molecule has 5 nitrogen and oxygen atoms in total. The largest absolute Gasteiger partial charge is 0.416 e. The van der Waals surface area contributed by atoms with E-state index in [9.17, 15) is 35.9 Å². The highest BCUT2D eigenvalue weighted by molar-refractivity contribution is 5.95. The first-order chi connectivity index (χ1) is 15.7. The van der Waals surface area contributed by atoms with E-state index in [0.717, 1.165) is 4.90 Å². The Kier molecular flexibility index (Phi) is 6.97. The second-order valence-electron chi connectivity index (χ2n) is 8.41. The smallest absolute Gasteiger partial charge is 0.353 e. The lowest BCUT2D eigenvalue weighted by atomic mass is 9.85. The first-order valence-corrected chi connectivity index (χ1v) is 10.4. The molecule has 0 bridgehead atoms. The van der Waals surface area contributed by atoms with Crippen LogP contribution in [-0.4, -0.2) is 35.0 Å². The molecule has 2 amide bonds. The van der Waals surface area contributed by atoms with Crippen LogP contribution in [0.4, 0.5) is 26.3 Å². The van der Waals surface area contributed by atoms with Gasteiger partial charge in [0.05, 0.1) is 16.8 Å². The summed E-state index contributed by atoms with van der Waals surface area (Å²) >= 11 is 0. The molecule has 0 aliphatic carbocycles. The van der Waals surface area contributed by atoms with Gasteiger partial charge >= 0.3 is 12.4 Å². The number of alkyl halides is 6. The molecule has 1 aliphatic rings. The van der Waals surface area contributed by atoms with Crippen LogP contribution in [0, 0.1) is 0 Å². The minimum Gasteiger partial charge on any atom is -0.353 e. The number of piperidine rings is 1. The van der Waals surface area contributed by atoms with E-state index >= 15 is 0 Å². The number of likely N-dealkylation sites (tertiary alicyclic amines) is 1. The lowest BCUT2D eigenvalue weighted by molar-refractivity contribution is -0.143. The van der Waals surface area contributed by atoms with Gasteiger partial charge < -0.3 is 16.0 Å². The van der Waals surface area contributed by atoms with Gasteiger partial charge in [-0.2, -0.15) is 26.3 Å². The summed E-state index contributed by atoms with van der Waals surface area (Å²) in [5, 5.41) is 2.73. The summed E-state index contributed by atoms with van der Waals surface area (Å²) in [4.78, 5) is 26.0. The summed E-state index contributed by atoms with van der Waals surface area (Å²) in [6.07, 6.45) is -9.78. The molecule has 11 heteroatoms. The maximum atomic E-state index is 13.3. The van der Waals surface area contributed by atoms with Crippen LogP contribution in [0.1, 0.15) is 46.8 Å². The van der Waals surface area contributed by atoms with Gasteiger partial charge in [-0.3, -0.25) is 9.59 Å². The molecule has 184 valence electrons. The molecule has 3 rings (SSSR count). The lowest BCUT2D eigenvalue weighted by Crippen LogP contribution is -2.66. The Morgan fingerprint density at radius 2 is 1.59 bits per heavy atom. The summed E-state index contributed by atoms with van der Waals surface area (Å²) in [6, 6.07) is 9.08. The number of nitrogens with zero attached hydrogens (tertiary/aromatic N) is 1. The number of rotatable bonds is 4. The van der Waals surface area contributed by atoms with Gasteiger partial charge in [0.15, 0.2) is 0 Å². The first-order valence-electron chi connectivity index (χ1n) is 10.4. The van der Waals surface area contributed by atoms with Crippen LogP contribution in [0.2, 0.25) is 0 Å². The number of amides is 2. The standard InChI is InChI=1S/C23H23F6N3O2/c1-14(33)31-19-7-8-32(21(30,13-19)12-15-5-3-2-4-6-15)20(34)16-9-17(22(24,25)26)11-18(10-16)23(27,28)29/h2-6,9-11,19H,7-8,12-13,30H2,1H3,(H,31,33). The number of carbonyl (C=O) groups is 2. The van der Waals surface area contributed by atoms with E-state index in [-0.39, 0.29) is 37.8 Å². The second kappa shape index (κ2) is 9.28. The molecule has 1 heterocycles. The zero-order valence-electron chi connectivity index (χ0n) is 18.1. The normalized spacial score (nSPS) is 21.3. The summed E-state index contributed by atoms with van der Waals surface area (Å²) < 4.78 is 79.8. The zero-order chi connectivity index (χ0) is 25.3. The van der Waals surface area contributed by atoms with Crippen molar-refractivity contribution in [3.63, 3.8) is 0 Å². The zero-order valence-corrected chi connectivity index (χ0v) is 18.1. The van der Waals surface area contributed by atoms with Gasteiger partial charge in [-0.15, -0.1) is 0 Å². The molecule has 0 radical (unpaired) electrons. The van der Waals surface area contributed by atoms with Gasteiger partial charge in [0, 0.05) is 37.9 Å². The highest BCUT2D eigenvalue weighted by Crippen LogP contribution is 2.37. The van der Waals surface area contributed by atoms with E-state index in [1.165, 1.54) is 6.92 Å². The van der Waals surface area contributed by atoms with Gasteiger partial charge in [0.25, 0.3) is 5.91 Å². The Balaban J connectivity index is 2.03. The van der Waals surface area contributed by atoms with E-state index in [1.807, 2.05) is 0 Å². The Labute approximate surface area is 191 Å². The van der Waals surface area contributed by atoms with Gasteiger partial charge in [0.1, 0.15) is 0 Å². The van der Waals surface area contributed by atoms with E-state index in [0.29, 0.717) is 17.7 Å². The fourth-order valence-corrected chi connectivity index (χ4v) is 4.21. The molecular formula is C23H23F6N3O2. The molecule has 2 atom stereocenters. The van der Waals surface area contributed by atoms with Crippen LogP contribution in [0.5, 0.6) is 0 Å². The van der Waals surface area contributed by atoms with Gasteiger partial charge in [0.2, 0.25) is 5.91 Å². The number of benzene rings is 2. The van der Waals surface area contributed by atoms with Crippen molar-refractivity contribution < 1.29 is 35.9 Å². The number of nitrogens with one attached hydrogen (secondary N) is 1. The van der Waals surface area contributed by atoms with Crippen molar-refractivity contribution in [2.75, 3.05) is 6.54 Å². The van der Waals surface area contributed by atoms with Crippen molar-refractivity contribution in [3.8, 4) is 0 Å². The quantitative estimate of drug-likeness (QED) is 0.630. The van der Waals surface area contributed by atoms with Gasteiger partial charge in [-0.25, -0.2) is 0 Å². The van der Waals surface area contributed by atoms with Crippen molar-refractivity contribution in [1.82, 2.24) is 10.2 Å². The molecular weight excluding hydrogens is 464 g/mol. The summed E-state index contributed by atoms with van der Waals surface area (Å²) in [5.41, 5.74) is 1.93. The van der Waals surface area contributed by atoms with E-state index in [2.05, 4.69) is 5.32 Å². The van der Waals surface area contributed by atoms with Crippen molar-refractivity contribution in [2.45, 2.75) is 50.2 Å². The van der Waals surface area contributed by atoms with Crippen molar-refractivity contribution in [2.24, 2.45) is 5.73 Å². The maximum Gasteiger partial charge on any atom is 0.416 e. The minimum absolute atomic E-state index is 0.0283. The molecule has 2 aromatic carbocycles. The molecule has 2 unspecified atom stereocenters. The molecule has 1 aliphatic heterocycles. The third-order valence-corrected chi connectivity index (χ3v) is 5.68. The van der Waals surface area contributed by atoms with Crippen molar-refractivity contribution in [1.29, 1.82) is 0 Å². The second-order valence-corrected chi connectivity index (χ2v) is 8.41. The van der Waals surface area contributed by atoms with Crippen LogP contribution in [0.25, 0.3) is 0 Å². The molecule has 1 fully saturated rings. The van der Waals surface area contributed by atoms with Crippen molar-refractivity contribution in [3.05, 3.63) is 70.8 Å². The van der Waals surface area contributed by atoms with Crippen LogP contribution in [-0.2, 0) is 23.6 Å². The highest BCUT2D eigenvalue weighted by Gasteiger charge is 2.44. The average molecular weight is 487 g/mol. The maximum absolute atomic E-state index is 13.3. The third-order valence-electron chi connectivity index (χ3n) is 5.68. The summed E-state index contributed by atoms with van der Waals surface area (Å²) in [6.45, 7) is 1.25. The molecule has 3 N–H and O–H groups in total. The van der Waals surface area contributed by atoms with Crippen LogP contribution in [0.3, 0.4) is 0 Å². The van der Waals surface area contributed by atoms with Gasteiger partial charge in [-0.05, 0) is 30.2 Å². The predicted octanol–water partition coefficient (Wildman–Crippen LogP) is 4.36. The fraction of sp³-hybridized carbons (Fsp3) is 0.391. The topological polar surface area (TPSA) is 75.4 Å². The molecule has 1 saturated heterocycles. The third kappa shape index (κ3) is 5.88. The molecule has 34 heavy (non-hydrogen) atoms. The van der Waals surface area contributed by atoms with Crippen molar-refractivity contribution >= 4 is 11.8 Å². The fourth-order valence-electron chi connectivity index (χ4n) is 4.21. The van der Waals surface area contributed by atoms with E-state index in [1.54, 1.807) is 30.3 Å². The Bertz CT molecular complexity index is 1020. The lowest BCUT2D eigenvalue weighted by Gasteiger charge is -2.47. The van der Waals surface area contributed by atoms with Gasteiger partial charge in [-0.1, -0.05) is 30.3 Å². The SMILES string of the molecule is CC(=O)NC1CCN(C(=O)c2cc(C(F)(F)F)cc(C(F)(F)F)c2)C(N)(Cc2ccccc2)C1. The molecule has 0 saturated carbocycles. The Morgan fingerprint density at radius 1 is 1.03 bits per heavy atom. The monoisotopic (exact) mass is 487 g/mol. The number of carbonyl (C=O) groups excluding carboxylic acids is 2. The number of hydrogen-bond donors (Lipinski definition) is 2. The van der Waals surface area contributed by atoms with E-state index < -0.39 is 46.7 Å². The highest BCUT2D eigenvalue weighted by atomic mass is 19.4. The molecule has 0 aromatic heterocycles. The predicted molar refractivity (Wildman–Crippen MR) is 111 cm³/mol. The minimum atomic E-state index is -5.08. The van der Waals surface area contributed by atoms with E-state index in [4.69, 9.17) is 5.73 Å². The Morgan fingerprint density at radius 3 is 2.09 bits per heavy atom.